The Morgan fingerprint density at radius 3 is 2.28 bits per heavy atom. The third kappa shape index (κ3) is 13.6. The molecular weight excluding hydrogens is 925 g/mol. The number of unbranched alkanes of at least 4 members (excludes halogenated alkanes) is 2. The first-order valence-corrected chi connectivity index (χ1v) is 25.4. The quantitative estimate of drug-likeness (QED) is 0.0771. The second-order valence-corrected chi connectivity index (χ2v) is 20.4. The Bertz CT molecular complexity index is 2630. The molecule has 3 aromatic heterocycles. The fourth-order valence-electron chi connectivity index (χ4n) is 9.32. The van der Waals surface area contributed by atoms with E-state index < -0.39 is 35.4 Å². The van der Waals surface area contributed by atoms with Crippen molar-refractivity contribution in [3.05, 3.63) is 93.7 Å². The minimum absolute atomic E-state index is 0.00300. The van der Waals surface area contributed by atoms with Crippen LogP contribution in [0.1, 0.15) is 63.3 Å². The summed E-state index contributed by atoms with van der Waals surface area (Å²) < 4.78 is 24.8. The van der Waals surface area contributed by atoms with Crippen LogP contribution in [-0.2, 0) is 44.0 Å². The van der Waals surface area contributed by atoms with Gasteiger partial charge in [0.1, 0.15) is 30.2 Å². The monoisotopic (exact) mass is 994 g/mol. The number of carbonyl (C=O) groups excluding carboxylic acids is 3. The number of aromatic nitrogens is 3. The lowest BCUT2D eigenvalue weighted by molar-refractivity contribution is -0.144. The number of ether oxygens (including phenoxy) is 4. The van der Waals surface area contributed by atoms with E-state index in [1.807, 2.05) is 81.9 Å². The van der Waals surface area contributed by atoms with Crippen molar-refractivity contribution >= 4 is 39.8 Å². The van der Waals surface area contributed by atoms with Gasteiger partial charge >= 0.3 is 0 Å². The van der Waals surface area contributed by atoms with Gasteiger partial charge in [0.05, 0.1) is 60.6 Å². The predicted octanol–water partition coefficient (Wildman–Crippen LogP) is 5.18. The zero-order chi connectivity index (χ0) is 50.7. The van der Waals surface area contributed by atoms with Gasteiger partial charge in [-0.2, -0.15) is 0 Å². The lowest BCUT2D eigenvalue weighted by Gasteiger charge is -2.35. The molecule has 3 atom stereocenters. The molecule has 382 valence electrons. The molecule has 3 amide bonds. The lowest BCUT2D eigenvalue weighted by atomic mass is 9.85. The maximum Gasteiger partial charge on any atom is 0.259 e. The Labute approximate surface area is 420 Å². The summed E-state index contributed by atoms with van der Waals surface area (Å²) in [6.07, 6.45) is 7.42. The Morgan fingerprint density at radius 1 is 0.901 bits per heavy atom. The summed E-state index contributed by atoms with van der Waals surface area (Å²) in [4.78, 5) is 69.2. The van der Waals surface area contributed by atoms with Gasteiger partial charge in [0.15, 0.2) is 0 Å². The average molecular weight is 995 g/mol. The largest absolute Gasteiger partial charge is 0.496 e. The number of pyridine rings is 2. The number of β-amino-alcohol motifs (C(OH)–C–C–N with tert-alkyl or cyclic N) is 1. The maximum absolute atomic E-state index is 14.0. The van der Waals surface area contributed by atoms with Crippen molar-refractivity contribution in [1.29, 1.82) is 0 Å². The Kier molecular flexibility index (Phi) is 18.4. The van der Waals surface area contributed by atoms with Crippen molar-refractivity contribution in [3.8, 4) is 33.1 Å². The number of amides is 3. The van der Waals surface area contributed by atoms with Crippen LogP contribution in [0.3, 0.4) is 0 Å². The van der Waals surface area contributed by atoms with Gasteiger partial charge in [-0.3, -0.25) is 29.1 Å². The van der Waals surface area contributed by atoms with Crippen LogP contribution in [0.15, 0.2) is 71.4 Å². The van der Waals surface area contributed by atoms with Gasteiger partial charge < -0.3 is 49.1 Å². The van der Waals surface area contributed by atoms with Crippen LogP contribution in [0, 0.1) is 12.3 Å². The minimum Gasteiger partial charge on any atom is -0.496 e. The molecule has 5 aromatic rings. The molecule has 2 saturated heterocycles. The molecule has 7 rings (SSSR count). The minimum atomic E-state index is -0.944. The second kappa shape index (κ2) is 24.6. The SMILES string of the molecule is COc1cc(-c2cn(C)c(=O)c3cnccc23)cc(OC)c1CN1CCN(CCCCCOCCOCC(=O)N[C@H](C(=O)N2C[C@H](O)C[C@H]2C(=O)NCc2ccc(-c3scnc3C)cc2)C(C)(C)C)CC1. The van der Waals surface area contributed by atoms with Gasteiger partial charge in [-0.15, -0.1) is 11.3 Å². The molecule has 2 aromatic carbocycles. The highest BCUT2D eigenvalue weighted by Gasteiger charge is 2.44. The maximum atomic E-state index is 14.0. The van der Waals surface area contributed by atoms with Crippen LogP contribution < -0.4 is 25.7 Å². The van der Waals surface area contributed by atoms with Crippen molar-refractivity contribution in [2.45, 2.75) is 84.7 Å². The summed E-state index contributed by atoms with van der Waals surface area (Å²) >= 11 is 1.58. The first kappa shape index (κ1) is 53.0. The Hall–Kier alpha value is -5.76. The van der Waals surface area contributed by atoms with Gasteiger partial charge in [-0.25, -0.2) is 4.98 Å². The molecule has 0 unspecified atom stereocenters. The third-order valence-electron chi connectivity index (χ3n) is 13.3. The number of nitrogens with zero attached hydrogens (tertiary/aromatic N) is 6. The van der Waals surface area contributed by atoms with Crippen LogP contribution in [-0.4, -0.2) is 150 Å². The molecule has 0 radical (unpaired) electrons. The van der Waals surface area contributed by atoms with E-state index in [0.29, 0.717) is 25.1 Å². The predicted molar refractivity (Wildman–Crippen MR) is 274 cm³/mol. The fourth-order valence-corrected chi connectivity index (χ4v) is 10.1. The van der Waals surface area contributed by atoms with E-state index in [1.165, 1.54) is 4.90 Å². The molecule has 0 aliphatic carbocycles. The molecule has 18 heteroatoms. The van der Waals surface area contributed by atoms with E-state index in [1.54, 1.807) is 49.6 Å². The lowest BCUT2D eigenvalue weighted by Crippen LogP contribution is -2.58. The van der Waals surface area contributed by atoms with E-state index in [4.69, 9.17) is 18.9 Å². The average Bonchev–Trinajstić information content (AvgIpc) is 3.99. The molecule has 3 N–H and O–H groups in total. The van der Waals surface area contributed by atoms with E-state index >= 15 is 0 Å². The number of likely N-dealkylation sites (tertiary alicyclic amines) is 1. The zero-order valence-electron chi connectivity index (χ0n) is 42.2. The van der Waals surface area contributed by atoms with Gasteiger partial charge in [0, 0.05) is 90.0 Å². The molecule has 5 heterocycles. The van der Waals surface area contributed by atoms with Crippen molar-refractivity contribution in [3.63, 3.8) is 0 Å². The smallest absolute Gasteiger partial charge is 0.259 e. The second-order valence-electron chi connectivity index (χ2n) is 19.5. The van der Waals surface area contributed by atoms with Crippen molar-refractivity contribution in [1.82, 2.24) is 39.9 Å². The summed E-state index contributed by atoms with van der Waals surface area (Å²) in [5, 5.41) is 17.7. The summed E-state index contributed by atoms with van der Waals surface area (Å²) in [5.41, 5.74) is 6.76. The number of fused-ring (bicyclic) bond motifs is 1. The number of rotatable bonds is 22. The van der Waals surface area contributed by atoms with Crippen LogP contribution >= 0.6 is 11.3 Å². The number of nitrogens with one attached hydrogen (secondary N) is 2. The molecule has 2 fully saturated rings. The normalized spacial score (nSPS) is 17.1. The first-order valence-electron chi connectivity index (χ1n) is 24.5. The first-order chi connectivity index (χ1) is 34.1. The summed E-state index contributed by atoms with van der Waals surface area (Å²) in [7, 11) is 5.10. The van der Waals surface area contributed by atoms with Gasteiger partial charge in [-0.05, 0) is 78.4 Å². The number of aliphatic hydroxyl groups excluding tert-OH is 1. The highest BCUT2D eigenvalue weighted by atomic mass is 32.1. The van der Waals surface area contributed by atoms with Crippen LogP contribution in [0.2, 0.25) is 0 Å². The number of thiazole rings is 1. The third-order valence-corrected chi connectivity index (χ3v) is 14.3. The summed E-state index contributed by atoms with van der Waals surface area (Å²) in [6.45, 7) is 14.2. The number of benzene rings is 2. The number of aryl methyl sites for hydroxylation is 2. The number of methoxy groups -OCH3 is 2. The molecule has 0 spiro atoms. The Balaban J connectivity index is 0.769. The fraction of sp³-hybridized carbons (Fsp3) is 0.509. The van der Waals surface area contributed by atoms with Gasteiger partial charge in [-0.1, -0.05) is 45.0 Å². The number of hydrogen-bond donors (Lipinski definition) is 3. The number of hydrogen-bond acceptors (Lipinski definition) is 14. The van der Waals surface area contributed by atoms with E-state index in [9.17, 15) is 24.3 Å². The number of carbonyl (C=O) groups is 3. The van der Waals surface area contributed by atoms with Crippen LogP contribution in [0.4, 0.5) is 0 Å². The Morgan fingerprint density at radius 2 is 1.61 bits per heavy atom. The topological polar surface area (TPSA) is 190 Å². The number of aliphatic hydroxyl groups is 1. The van der Waals surface area contributed by atoms with Crippen LogP contribution in [0.25, 0.3) is 32.3 Å². The van der Waals surface area contributed by atoms with E-state index in [2.05, 4.69) is 30.4 Å². The zero-order valence-corrected chi connectivity index (χ0v) is 43.0. The van der Waals surface area contributed by atoms with Crippen molar-refractivity contribution in [2.24, 2.45) is 12.5 Å². The number of piperazine rings is 1. The highest BCUT2D eigenvalue weighted by molar-refractivity contribution is 7.13. The molecule has 0 saturated carbocycles. The van der Waals surface area contributed by atoms with Crippen molar-refractivity contribution < 1.29 is 38.4 Å². The molecule has 0 bridgehead atoms. The molecular formula is C53H70N8O9S. The standard InChI is InChI=1S/C53H70N8O9S/c1-35-48(71-34-56-35)37-13-11-36(12-14-37)28-55-50(64)44-27-39(62)30-61(44)52(66)49(53(2,3)4)57-47(63)33-70-24-23-69-22-10-8-9-17-59-18-20-60(21-19-59)32-43-45(67-6)25-38(26-46(43)68-7)42-31-58(5)51(65)41-29-54-16-15-40(41)42/h11-16,25-26,29,31,34,39,44,49,62H,8-10,17-24,27-28,30,32-33H2,1-7H3,(H,55,64)(H,57,63)/t39-,44+,49-/m1/s1. The van der Waals surface area contributed by atoms with Crippen molar-refractivity contribution in [2.75, 3.05) is 79.9 Å². The molecule has 2 aliphatic rings. The molecule has 2 aliphatic heterocycles. The van der Waals surface area contributed by atoms with Crippen LogP contribution in [0.5, 0.6) is 11.5 Å². The highest BCUT2D eigenvalue weighted by Crippen LogP contribution is 2.38. The summed E-state index contributed by atoms with van der Waals surface area (Å²) in [6, 6.07) is 12.0. The van der Waals surface area contributed by atoms with Gasteiger partial charge in [0.25, 0.3) is 5.56 Å². The van der Waals surface area contributed by atoms with E-state index in [-0.39, 0.29) is 44.2 Å². The summed E-state index contributed by atoms with van der Waals surface area (Å²) in [5.74, 6) is 0.252. The van der Waals surface area contributed by atoms with E-state index in [0.717, 1.165) is 107 Å². The molecule has 71 heavy (non-hydrogen) atoms. The van der Waals surface area contributed by atoms with Gasteiger partial charge in [0.2, 0.25) is 17.7 Å². The molecule has 17 nitrogen and oxygen atoms in total.